The zero-order valence-corrected chi connectivity index (χ0v) is 16.3. The van der Waals surface area contributed by atoms with Crippen LogP contribution >= 0.6 is 15.9 Å². The molecule has 0 spiro atoms. The number of nitrogens with zero attached hydrogens (tertiary/aromatic N) is 3. The molecule has 1 aromatic rings. The third-order valence-corrected chi connectivity index (χ3v) is 4.95. The molecule has 10 heteroatoms. The summed E-state index contributed by atoms with van der Waals surface area (Å²) >= 11 is 3.21. The SMILES string of the molecule is C[Si](C)(C)CCOCN=C(N=C(N)C(F)(F)F)c1ccc(Br)cn1. The third-order valence-electron chi connectivity index (χ3n) is 2.78. The predicted molar refractivity (Wildman–Crippen MR) is 95.1 cm³/mol. The topological polar surface area (TPSA) is 72.9 Å². The van der Waals surface area contributed by atoms with Gasteiger partial charge in [0, 0.05) is 25.4 Å². The lowest BCUT2D eigenvalue weighted by Crippen LogP contribution is -2.32. The van der Waals surface area contributed by atoms with Crippen LogP contribution in [0.25, 0.3) is 0 Å². The van der Waals surface area contributed by atoms with Crippen molar-refractivity contribution in [3.05, 3.63) is 28.5 Å². The van der Waals surface area contributed by atoms with Gasteiger partial charge in [0.25, 0.3) is 0 Å². The van der Waals surface area contributed by atoms with Gasteiger partial charge in [-0.1, -0.05) is 19.6 Å². The van der Waals surface area contributed by atoms with E-state index in [4.69, 9.17) is 10.5 Å². The van der Waals surface area contributed by atoms with E-state index in [1.165, 1.54) is 12.3 Å². The van der Waals surface area contributed by atoms with Crippen molar-refractivity contribution in [3.8, 4) is 0 Å². The average molecular weight is 425 g/mol. The first-order valence-corrected chi connectivity index (χ1v) is 11.6. The number of aromatic nitrogens is 1. The fraction of sp³-hybridized carbons (Fsp3) is 0.500. The summed E-state index contributed by atoms with van der Waals surface area (Å²) in [6.45, 7) is 6.99. The second-order valence-electron chi connectivity index (χ2n) is 6.19. The monoisotopic (exact) mass is 424 g/mol. The van der Waals surface area contributed by atoms with Gasteiger partial charge < -0.3 is 10.5 Å². The van der Waals surface area contributed by atoms with Gasteiger partial charge in [-0.05, 0) is 34.1 Å². The highest BCUT2D eigenvalue weighted by molar-refractivity contribution is 9.10. The van der Waals surface area contributed by atoms with Gasteiger partial charge in [0.2, 0.25) is 5.84 Å². The minimum Gasteiger partial charge on any atom is -0.380 e. The molecule has 0 saturated heterocycles. The Labute approximate surface area is 148 Å². The van der Waals surface area contributed by atoms with Crippen LogP contribution in [0.15, 0.2) is 32.8 Å². The minimum absolute atomic E-state index is 0.105. The lowest BCUT2D eigenvalue weighted by atomic mass is 10.3. The number of amidine groups is 2. The van der Waals surface area contributed by atoms with Crippen molar-refractivity contribution in [1.82, 2.24) is 4.98 Å². The summed E-state index contributed by atoms with van der Waals surface area (Å²) in [5.74, 6) is -1.70. The fourth-order valence-electron chi connectivity index (χ4n) is 1.41. The Bertz CT molecular complexity index is 598. The molecule has 0 saturated carbocycles. The number of nitrogens with two attached hydrogens (primary N) is 1. The Balaban J connectivity index is 2.89. The molecular formula is C14H20BrF3N4OSi. The number of hydrogen-bond acceptors (Lipinski definition) is 3. The summed E-state index contributed by atoms with van der Waals surface area (Å²) in [5, 5.41) is 0. The van der Waals surface area contributed by atoms with Crippen LogP contribution in [0, 0.1) is 0 Å². The molecule has 2 N–H and O–H groups in total. The number of ether oxygens (including phenoxy) is 1. The van der Waals surface area contributed by atoms with E-state index < -0.39 is 20.1 Å². The van der Waals surface area contributed by atoms with Crippen molar-refractivity contribution >= 4 is 35.7 Å². The smallest absolute Gasteiger partial charge is 0.380 e. The number of rotatable bonds is 6. The maximum atomic E-state index is 12.6. The van der Waals surface area contributed by atoms with Crippen LogP contribution in [0.5, 0.6) is 0 Å². The molecule has 0 amide bonds. The maximum absolute atomic E-state index is 12.6. The van der Waals surface area contributed by atoms with E-state index in [2.05, 4.69) is 50.5 Å². The van der Waals surface area contributed by atoms with E-state index in [0.29, 0.717) is 11.1 Å². The zero-order valence-electron chi connectivity index (χ0n) is 13.7. The van der Waals surface area contributed by atoms with Gasteiger partial charge in [0.05, 0.1) is 0 Å². The van der Waals surface area contributed by atoms with Crippen molar-refractivity contribution in [1.29, 1.82) is 0 Å². The molecular weight excluding hydrogens is 405 g/mol. The van der Waals surface area contributed by atoms with E-state index in [1.807, 2.05) is 0 Å². The summed E-state index contributed by atoms with van der Waals surface area (Å²) in [6, 6.07) is 4.06. The number of halogens is 4. The quantitative estimate of drug-likeness (QED) is 0.326. The molecule has 0 bridgehead atoms. The first kappa shape index (κ1) is 20.8. The van der Waals surface area contributed by atoms with E-state index in [0.717, 1.165) is 6.04 Å². The Morgan fingerprint density at radius 2 is 2.00 bits per heavy atom. The predicted octanol–water partition coefficient (Wildman–Crippen LogP) is 3.82. The number of aliphatic imine (C=N–C) groups is 2. The molecule has 0 fully saturated rings. The second kappa shape index (κ2) is 8.72. The largest absolute Gasteiger partial charge is 0.449 e. The summed E-state index contributed by atoms with van der Waals surface area (Å²) in [5.41, 5.74) is 5.16. The lowest BCUT2D eigenvalue weighted by molar-refractivity contribution is -0.0597. The van der Waals surface area contributed by atoms with Crippen LogP contribution in [0.4, 0.5) is 13.2 Å². The molecule has 134 valence electrons. The molecule has 0 aliphatic heterocycles. The highest BCUT2D eigenvalue weighted by Crippen LogP contribution is 2.16. The Kier molecular flexibility index (Phi) is 7.55. The molecule has 1 rings (SSSR count). The van der Waals surface area contributed by atoms with Gasteiger partial charge in [0.15, 0.2) is 5.84 Å². The molecule has 1 aromatic heterocycles. The van der Waals surface area contributed by atoms with Crippen LogP contribution in [-0.2, 0) is 4.74 Å². The van der Waals surface area contributed by atoms with Gasteiger partial charge in [-0.25, -0.2) is 9.98 Å². The summed E-state index contributed by atoms with van der Waals surface area (Å²) in [6.07, 6.45) is -3.29. The van der Waals surface area contributed by atoms with Gasteiger partial charge in [0.1, 0.15) is 12.4 Å². The van der Waals surface area contributed by atoms with Crippen molar-refractivity contribution < 1.29 is 17.9 Å². The number of alkyl halides is 3. The Morgan fingerprint density at radius 1 is 1.33 bits per heavy atom. The van der Waals surface area contributed by atoms with Crippen molar-refractivity contribution in [2.75, 3.05) is 13.3 Å². The van der Waals surface area contributed by atoms with E-state index in [1.54, 1.807) is 6.07 Å². The first-order chi connectivity index (χ1) is 11.0. The van der Waals surface area contributed by atoms with Crippen LogP contribution in [0.1, 0.15) is 5.69 Å². The summed E-state index contributed by atoms with van der Waals surface area (Å²) in [4.78, 5) is 11.3. The van der Waals surface area contributed by atoms with E-state index in [-0.39, 0.29) is 18.3 Å². The molecule has 5 nitrogen and oxygen atoms in total. The maximum Gasteiger partial charge on any atom is 0.449 e. The van der Waals surface area contributed by atoms with Crippen LogP contribution < -0.4 is 5.73 Å². The number of hydrogen-bond donors (Lipinski definition) is 1. The normalized spacial score (nSPS) is 14.1. The van der Waals surface area contributed by atoms with Gasteiger partial charge in [-0.3, -0.25) is 4.98 Å². The average Bonchev–Trinajstić information content (AvgIpc) is 2.44. The summed E-state index contributed by atoms with van der Waals surface area (Å²) < 4.78 is 43.9. The fourth-order valence-corrected chi connectivity index (χ4v) is 2.40. The molecule has 0 radical (unpaired) electrons. The highest BCUT2D eigenvalue weighted by atomic mass is 79.9. The van der Waals surface area contributed by atoms with E-state index in [9.17, 15) is 13.2 Å². The zero-order chi connectivity index (χ0) is 18.4. The van der Waals surface area contributed by atoms with Crippen LogP contribution in [0.3, 0.4) is 0 Å². The molecule has 0 unspecified atom stereocenters. The number of pyridine rings is 1. The second-order valence-corrected chi connectivity index (χ2v) is 12.7. The van der Waals surface area contributed by atoms with Crippen molar-refractivity contribution in [2.45, 2.75) is 31.9 Å². The third kappa shape index (κ3) is 8.02. The Morgan fingerprint density at radius 3 is 2.50 bits per heavy atom. The van der Waals surface area contributed by atoms with Gasteiger partial charge in [-0.2, -0.15) is 13.2 Å². The lowest BCUT2D eigenvalue weighted by Gasteiger charge is -2.14. The Hall–Kier alpha value is -1.26. The first-order valence-electron chi connectivity index (χ1n) is 7.14. The molecule has 24 heavy (non-hydrogen) atoms. The molecule has 0 atom stereocenters. The van der Waals surface area contributed by atoms with Crippen LogP contribution in [-0.4, -0.2) is 44.2 Å². The standard InChI is InChI=1S/C14H20BrF3N4OSi/c1-24(2,3)7-6-23-9-21-12(22-13(19)14(16,17)18)11-5-4-10(15)8-20-11/h4-5,8H,6-7,9H2,1-3H3,(H2,19,21,22). The molecule has 0 aliphatic carbocycles. The molecule has 1 heterocycles. The van der Waals surface area contributed by atoms with Crippen LogP contribution in [0.2, 0.25) is 25.7 Å². The summed E-state index contributed by atoms with van der Waals surface area (Å²) in [7, 11) is -1.24. The highest BCUT2D eigenvalue weighted by Gasteiger charge is 2.34. The van der Waals surface area contributed by atoms with Gasteiger partial charge in [-0.15, -0.1) is 0 Å². The van der Waals surface area contributed by atoms with Gasteiger partial charge >= 0.3 is 6.18 Å². The molecule has 0 aliphatic rings. The minimum atomic E-state index is -4.73. The molecule has 0 aromatic carbocycles. The van der Waals surface area contributed by atoms with Crippen molar-refractivity contribution in [3.63, 3.8) is 0 Å². The van der Waals surface area contributed by atoms with E-state index >= 15 is 0 Å². The van der Waals surface area contributed by atoms with Crippen molar-refractivity contribution in [2.24, 2.45) is 15.7 Å².